The predicted octanol–water partition coefficient (Wildman–Crippen LogP) is 2.37. The Labute approximate surface area is 116 Å². The third-order valence-corrected chi connectivity index (χ3v) is 3.69. The summed E-state index contributed by atoms with van der Waals surface area (Å²) < 4.78 is 0. The molecule has 0 spiro atoms. The summed E-state index contributed by atoms with van der Waals surface area (Å²) in [5.41, 5.74) is 9.26. The summed E-state index contributed by atoms with van der Waals surface area (Å²) in [7, 11) is 0. The van der Waals surface area contributed by atoms with E-state index in [4.69, 9.17) is 5.73 Å². The molecule has 0 bridgehead atoms. The maximum Gasteiger partial charge on any atom is 0.261 e. The highest BCUT2D eigenvalue weighted by molar-refractivity contribution is 6.21. The molecule has 2 aromatic carbocycles. The molecular weight excluding hydrogens is 252 g/mol. The van der Waals surface area contributed by atoms with Crippen molar-refractivity contribution in [3.8, 4) is 0 Å². The van der Waals surface area contributed by atoms with E-state index in [9.17, 15) is 9.59 Å². The lowest BCUT2D eigenvalue weighted by molar-refractivity contribution is 0.0642. The summed E-state index contributed by atoms with van der Waals surface area (Å²) in [4.78, 5) is 25.8. The van der Waals surface area contributed by atoms with Gasteiger partial charge in [0.25, 0.3) is 11.8 Å². The average Bonchev–Trinajstić information content (AvgIpc) is 2.69. The molecule has 0 fully saturated rings. The van der Waals surface area contributed by atoms with Crippen LogP contribution in [0.15, 0.2) is 42.5 Å². The summed E-state index contributed by atoms with van der Waals surface area (Å²) in [5, 5.41) is 0. The van der Waals surface area contributed by atoms with Crippen LogP contribution >= 0.6 is 0 Å². The number of carbonyl (C=O) groups is 2. The van der Waals surface area contributed by atoms with E-state index >= 15 is 0 Å². The molecule has 0 unspecified atom stereocenters. The summed E-state index contributed by atoms with van der Waals surface area (Å²) >= 11 is 0. The molecule has 4 heteroatoms. The van der Waals surface area contributed by atoms with Gasteiger partial charge in [-0.05, 0) is 36.2 Å². The van der Waals surface area contributed by atoms with Crippen LogP contribution < -0.4 is 5.73 Å². The first-order chi connectivity index (χ1) is 9.59. The maximum atomic E-state index is 12.3. The summed E-state index contributed by atoms with van der Waals surface area (Å²) in [6.07, 6.45) is 0. The van der Waals surface area contributed by atoms with Gasteiger partial charge in [0.2, 0.25) is 0 Å². The van der Waals surface area contributed by atoms with Crippen LogP contribution in [-0.2, 0) is 6.54 Å². The number of carbonyl (C=O) groups excluding carboxylic acids is 2. The Balaban J connectivity index is 1.96. The van der Waals surface area contributed by atoms with Gasteiger partial charge in [-0.15, -0.1) is 0 Å². The molecule has 2 N–H and O–H groups in total. The summed E-state index contributed by atoms with van der Waals surface area (Å²) in [6.45, 7) is 2.14. The van der Waals surface area contributed by atoms with Crippen molar-refractivity contribution in [3.05, 3.63) is 64.7 Å². The molecule has 4 nitrogen and oxygen atoms in total. The molecule has 3 rings (SSSR count). The number of nitrogens with two attached hydrogens (primary N) is 1. The van der Waals surface area contributed by atoms with Crippen LogP contribution in [0.4, 0.5) is 5.69 Å². The van der Waals surface area contributed by atoms with Crippen molar-refractivity contribution in [3.63, 3.8) is 0 Å². The number of rotatable bonds is 2. The Morgan fingerprint density at radius 2 is 1.55 bits per heavy atom. The minimum Gasteiger partial charge on any atom is -0.399 e. The van der Waals surface area contributed by atoms with Crippen molar-refractivity contribution in [2.45, 2.75) is 13.5 Å². The lowest BCUT2D eigenvalue weighted by atomic mass is 10.1. The largest absolute Gasteiger partial charge is 0.399 e. The van der Waals surface area contributed by atoms with Crippen LogP contribution in [0.1, 0.15) is 31.8 Å². The smallest absolute Gasteiger partial charge is 0.261 e. The predicted molar refractivity (Wildman–Crippen MR) is 76.2 cm³/mol. The Morgan fingerprint density at radius 3 is 2.15 bits per heavy atom. The Hall–Kier alpha value is -2.62. The fourth-order valence-corrected chi connectivity index (χ4v) is 2.43. The van der Waals surface area contributed by atoms with E-state index in [0.29, 0.717) is 16.8 Å². The number of nitrogen functional groups attached to an aromatic ring is 1. The molecule has 20 heavy (non-hydrogen) atoms. The zero-order chi connectivity index (χ0) is 14.3. The number of fused-ring (bicyclic) bond motifs is 1. The van der Waals surface area contributed by atoms with Gasteiger partial charge < -0.3 is 5.73 Å². The van der Waals surface area contributed by atoms with Gasteiger partial charge in [0.1, 0.15) is 0 Å². The van der Waals surface area contributed by atoms with Gasteiger partial charge in [0, 0.05) is 5.69 Å². The first-order valence-corrected chi connectivity index (χ1v) is 6.39. The standard InChI is InChI=1S/C16H14N2O2/c1-10-11(5-4-8-14(10)17)9-18-15(19)12-6-2-3-7-13(12)16(18)20/h2-8H,9,17H2,1H3. The second kappa shape index (κ2) is 4.49. The zero-order valence-corrected chi connectivity index (χ0v) is 11.1. The van der Waals surface area contributed by atoms with Crippen molar-refractivity contribution in [1.82, 2.24) is 4.90 Å². The molecule has 0 aliphatic carbocycles. The monoisotopic (exact) mass is 266 g/mol. The number of imide groups is 1. The fraction of sp³-hybridized carbons (Fsp3) is 0.125. The van der Waals surface area contributed by atoms with Crippen LogP contribution in [0.2, 0.25) is 0 Å². The molecule has 0 atom stereocenters. The molecule has 0 saturated heterocycles. The van der Waals surface area contributed by atoms with Gasteiger partial charge in [-0.2, -0.15) is 0 Å². The Morgan fingerprint density at radius 1 is 0.950 bits per heavy atom. The molecule has 100 valence electrons. The molecule has 2 aromatic rings. The first kappa shape index (κ1) is 12.4. The van der Waals surface area contributed by atoms with E-state index in [0.717, 1.165) is 11.1 Å². The van der Waals surface area contributed by atoms with Crippen LogP contribution in [0.3, 0.4) is 0 Å². The second-order valence-electron chi connectivity index (χ2n) is 4.87. The number of hydrogen-bond acceptors (Lipinski definition) is 3. The van der Waals surface area contributed by atoms with Gasteiger partial charge in [-0.25, -0.2) is 0 Å². The van der Waals surface area contributed by atoms with E-state index in [1.165, 1.54) is 4.90 Å². The van der Waals surface area contributed by atoms with E-state index < -0.39 is 0 Å². The first-order valence-electron chi connectivity index (χ1n) is 6.39. The van der Waals surface area contributed by atoms with Gasteiger partial charge >= 0.3 is 0 Å². The Bertz CT molecular complexity index is 687. The molecule has 1 heterocycles. The number of benzene rings is 2. The van der Waals surface area contributed by atoms with Crippen molar-refractivity contribution in [2.75, 3.05) is 5.73 Å². The maximum absolute atomic E-state index is 12.3. The Kier molecular flexibility index (Phi) is 2.79. The highest BCUT2D eigenvalue weighted by Crippen LogP contribution is 2.26. The zero-order valence-electron chi connectivity index (χ0n) is 11.1. The highest BCUT2D eigenvalue weighted by Gasteiger charge is 2.35. The van der Waals surface area contributed by atoms with Crippen LogP contribution in [0.25, 0.3) is 0 Å². The van der Waals surface area contributed by atoms with Gasteiger partial charge in [-0.3, -0.25) is 14.5 Å². The van der Waals surface area contributed by atoms with Crippen molar-refractivity contribution in [2.24, 2.45) is 0 Å². The number of amides is 2. The molecule has 0 saturated carbocycles. The van der Waals surface area contributed by atoms with E-state index in [-0.39, 0.29) is 18.4 Å². The number of nitrogens with zero attached hydrogens (tertiary/aromatic N) is 1. The molecule has 2 amide bonds. The lowest BCUT2D eigenvalue weighted by Crippen LogP contribution is -2.29. The van der Waals surface area contributed by atoms with E-state index in [2.05, 4.69) is 0 Å². The molecule has 0 radical (unpaired) electrons. The van der Waals surface area contributed by atoms with Crippen LogP contribution in [0, 0.1) is 6.92 Å². The summed E-state index contributed by atoms with van der Waals surface area (Å²) in [6, 6.07) is 12.4. The van der Waals surface area contributed by atoms with Crippen molar-refractivity contribution < 1.29 is 9.59 Å². The lowest BCUT2D eigenvalue weighted by Gasteiger charge is -2.16. The topological polar surface area (TPSA) is 63.4 Å². The molecular formula is C16H14N2O2. The number of hydrogen-bond donors (Lipinski definition) is 1. The SMILES string of the molecule is Cc1c(N)cccc1CN1C(=O)c2ccccc2C1=O. The molecule has 1 aliphatic heterocycles. The van der Waals surface area contributed by atoms with E-state index in [1.54, 1.807) is 30.3 Å². The average molecular weight is 266 g/mol. The highest BCUT2D eigenvalue weighted by atomic mass is 16.2. The molecule has 0 aromatic heterocycles. The second-order valence-corrected chi connectivity index (χ2v) is 4.87. The third kappa shape index (κ3) is 1.77. The normalized spacial score (nSPS) is 13.8. The fourth-order valence-electron chi connectivity index (χ4n) is 2.43. The van der Waals surface area contributed by atoms with Crippen LogP contribution in [-0.4, -0.2) is 16.7 Å². The molecule has 1 aliphatic rings. The van der Waals surface area contributed by atoms with Crippen LogP contribution in [0.5, 0.6) is 0 Å². The quantitative estimate of drug-likeness (QED) is 0.670. The van der Waals surface area contributed by atoms with E-state index in [1.807, 2.05) is 19.1 Å². The minimum atomic E-state index is -0.243. The minimum absolute atomic E-state index is 0.243. The van der Waals surface area contributed by atoms with Gasteiger partial charge in [0.05, 0.1) is 17.7 Å². The summed E-state index contributed by atoms with van der Waals surface area (Å²) in [5.74, 6) is -0.486. The van der Waals surface area contributed by atoms with Gasteiger partial charge in [-0.1, -0.05) is 24.3 Å². The van der Waals surface area contributed by atoms with Crippen molar-refractivity contribution in [1.29, 1.82) is 0 Å². The number of anilines is 1. The van der Waals surface area contributed by atoms with Gasteiger partial charge in [0.15, 0.2) is 0 Å². The van der Waals surface area contributed by atoms with Crippen molar-refractivity contribution >= 4 is 17.5 Å². The third-order valence-electron chi connectivity index (χ3n) is 3.69.